The zero-order chi connectivity index (χ0) is 14.0. The van der Waals surface area contributed by atoms with Crippen LogP contribution in [0, 0.1) is 11.3 Å². The number of hydrogen-bond donors (Lipinski definition) is 0. The number of para-hydroxylation sites is 1. The lowest BCUT2D eigenvalue weighted by atomic mass is 9.85. The van der Waals surface area contributed by atoms with Crippen LogP contribution < -0.4 is 4.90 Å². The molecule has 1 saturated heterocycles. The van der Waals surface area contributed by atoms with Crippen molar-refractivity contribution in [3.8, 4) is 6.07 Å². The maximum atomic E-state index is 12.0. The van der Waals surface area contributed by atoms with E-state index in [1.807, 2.05) is 30.3 Å². The number of benzene rings is 1. The van der Waals surface area contributed by atoms with Crippen molar-refractivity contribution in [3.05, 3.63) is 29.8 Å². The molecule has 1 aromatic carbocycles. The Balaban J connectivity index is 2.34. The predicted octanol–water partition coefficient (Wildman–Crippen LogP) is 3.22. The standard InChI is InChI=1S/C15H18N2O2/c1-15(2,3)12-6-4-5-7-13(12)17-9-8-11(10-16)19-14(17)18/h4-7,11H,8-9H2,1-3H3. The summed E-state index contributed by atoms with van der Waals surface area (Å²) >= 11 is 0. The Bertz CT molecular complexity index is 526. The highest BCUT2D eigenvalue weighted by molar-refractivity contribution is 5.89. The Morgan fingerprint density at radius 3 is 2.63 bits per heavy atom. The van der Waals surface area contributed by atoms with Gasteiger partial charge >= 0.3 is 6.09 Å². The van der Waals surface area contributed by atoms with Crippen molar-refractivity contribution in [2.75, 3.05) is 11.4 Å². The lowest BCUT2D eigenvalue weighted by Gasteiger charge is -2.33. The molecule has 1 atom stereocenters. The summed E-state index contributed by atoms with van der Waals surface area (Å²) in [4.78, 5) is 13.6. The van der Waals surface area contributed by atoms with Gasteiger partial charge in [-0.05, 0) is 17.0 Å². The summed E-state index contributed by atoms with van der Waals surface area (Å²) in [5.41, 5.74) is 1.92. The molecule has 100 valence electrons. The van der Waals surface area contributed by atoms with Gasteiger partial charge in [-0.15, -0.1) is 0 Å². The van der Waals surface area contributed by atoms with Crippen LogP contribution in [0.4, 0.5) is 10.5 Å². The topological polar surface area (TPSA) is 53.3 Å². The molecular weight excluding hydrogens is 240 g/mol. The van der Waals surface area contributed by atoms with Crippen LogP contribution in [0.3, 0.4) is 0 Å². The number of carbonyl (C=O) groups excluding carboxylic acids is 1. The number of nitriles is 1. The Morgan fingerprint density at radius 2 is 2.05 bits per heavy atom. The van der Waals surface area contributed by atoms with Crippen LogP contribution in [-0.2, 0) is 10.2 Å². The molecule has 19 heavy (non-hydrogen) atoms. The van der Waals surface area contributed by atoms with Gasteiger partial charge in [0.15, 0.2) is 6.10 Å². The Morgan fingerprint density at radius 1 is 1.37 bits per heavy atom. The van der Waals surface area contributed by atoms with E-state index in [0.29, 0.717) is 13.0 Å². The maximum Gasteiger partial charge on any atom is 0.415 e. The normalized spacial score (nSPS) is 19.8. The number of amides is 1. The Labute approximate surface area is 113 Å². The molecule has 1 unspecified atom stereocenters. The second kappa shape index (κ2) is 4.93. The average molecular weight is 258 g/mol. The van der Waals surface area contributed by atoms with E-state index < -0.39 is 12.2 Å². The molecule has 1 aromatic rings. The van der Waals surface area contributed by atoms with E-state index in [9.17, 15) is 4.79 Å². The molecule has 0 spiro atoms. The van der Waals surface area contributed by atoms with E-state index >= 15 is 0 Å². The van der Waals surface area contributed by atoms with Gasteiger partial charge in [-0.25, -0.2) is 4.79 Å². The Hall–Kier alpha value is -2.02. The summed E-state index contributed by atoms with van der Waals surface area (Å²) in [5, 5.41) is 8.80. The lowest BCUT2D eigenvalue weighted by molar-refractivity contribution is 0.111. The number of nitrogens with zero attached hydrogens (tertiary/aromatic N) is 2. The van der Waals surface area contributed by atoms with E-state index in [1.54, 1.807) is 4.90 Å². The summed E-state index contributed by atoms with van der Waals surface area (Å²) in [5.74, 6) is 0. The summed E-state index contributed by atoms with van der Waals surface area (Å²) < 4.78 is 5.10. The summed E-state index contributed by atoms with van der Waals surface area (Å²) in [6.07, 6.45) is -0.513. The molecular formula is C15H18N2O2. The first-order valence-corrected chi connectivity index (χ1v) is 6.41. The number of rotatable bonds is 1. The molecule has 0 saturated carbocycles. The van der Waals surface area contributed by atoms with Gasteiger partial charge in [0.05, 0.1) is 5.69 Å². The molecule has 0 radical (unpaired) electrons. The third kappa shape index (κ3) is 2.70. The minimum absolute atomic E-state index is 0.0526. The fourth-order valence-corrected chi connectivity index (χ4v) is 2.23. The SMILES string of the molecule is CC(C)(C)c1ccccc1N1CCC(C#N)OC1=O. The molecule has 2 rings (SSSR count). The molecule has 1 aliphatic rings. The minimum Gasteiger partial charge on any atom is -0.430 e. The van der Waals surface area contributed by atoms with E-state index in [1.165, 1.54) is 0 Å². The zero-order valence-electron chi connectivity index (χ0n) is 11.5. The third-order valence-corrected chi connectivity index (χ3v) is 3.23. The molecule has 4 nitrogen and oxygen atoms in total. The fraction of sp³-hybridized carbons (Fsp3) is 0.467. The van der Waals surface area contributed by atoms with Crippen LogP contribution in [0.1, 0.15) is 32.8 Å². The highest BCUT2D eigenvalue weighted by atomic mass is 16.6. The fourth-order valence-electron chi connectivity index (χ4n) is 2.23. The van der Waals surface area contributed by atoms with Gasteiger partial charge in [0.2, 0.25) is 0 Å². The van der Waals surface area contributed by atoms with Crippen molar-refractivity contribution in [2.45, 2.75) is 38.7 Å². The van der Waals surface area contributed by atoms with Gasteiger partial charge in [0.25, 0.3) is 0 Å². The minimum atomic E-state index is -0.620. The average Bonchev–Trinajstić information content (AvgIpc) is 2.37. The molecule has 1 aliphatic heterocycles. The second-order valence-electron chi connectivity index (χ2n) is 5.71. The second-order valence-corrected chi connectivity index (χ2v) is 5.71. The van der Waals surface area contributed by atoms with E-state index in [2.05, 4.69) is 20.8 Å². The van der Waals surface area contributed by atoms with Gasteiger partial charge < -0.3 is 4.74 Å². The highest BCUT2D eigenvalue weighted by Crippen LogP contribution is 2.33. The van der Waals surface area contributed by atoms with Crippen LogP contribution >= 0.6 is 0 Å². The molecule has 0 aliphatic carbocycles. The largest absolute Gasteiger partial charge is 0.430 e. The highest BCUT2D eigenvalue weighted by Gasteiger charge is 2.31. The first kappa shape index (κ1) is 13.4. The molecule has 1 fully saturated rings. The monoisotopic (exact) mass is 258 g/mol. The van der Waals surface area contributed by atoms with Gasteiger partial charge in [0, 0.05) is 13.0 Å². The van der Waals surface area contributed by atoms with Crippen LogP contribution in [0.15, 0.2) is 24.3 Å². The zero-order valence-corrected chi connectivity index (χ0v) is 11.5. The van der Waals surface area contributed by atoms with Crippen molar-refractivity contribution in [1.82, 2.24) is 0 Å². The molecule has 4 heteroatoms. The maximum absolute atomic E-state index is 12.0. The van der Waals surface area contributed by atoms with E-state index in [0.717, 1.165) is 11.3 Å². The van der Waals surface area contributed by atoms with Crippen molar-refractivity contribution in [3.63, 3.8) is 0 Å². The van der Waals surface area contributed by atoms with Crippen molar-refractivity contribution >= 4 is 11.8 Å². The van der Waals surface area contributed by atoms with Crippen LogP contribution in [0.5, 0.6) is 0 Å². The summed E-state index contributed by atoms with van der Waals surface area (Å²) in [7, 11) is 0. The third-order valence-electron chi connectivity index (χ3n) is 3.23. The number of carbonyl (C=O) groups is 1. The van der Waals surface area contributed by atoms with Crippen molar-refractivity contribution in [1.29, 1.82) is 5.26 Å². The van der Waals surface area contributed by atoms with Gasteiger partial charge in [-0.2, -0.15) is 5.26 Å². The summed E-state index contributed by atoms with van der Waals surface area (Å²) in [6, 6.07) is 9.81. The van der Waals surface area contributed by atoms with Crippen LogP contribution in [0.25, 0.3) is 0 Å². The van der Waals surface area contributed by atoms with E-state index in [-0.39, 0.29) is 5.41 Å². The first-order chi connectivity index (χ1) is 8.93. The van der Waals surface area contributed by atoms with Gasteiger partial charge in [-0.3, -0.25) is 4.90 Å². The number of ether oxygens (including phenoxy) is 1. The molecule has 1 amide bonds. The number of hydrogen-bond acceptors (Lipinski definition) is 3. The quantitative estimate of drug-likeness (QED) is 0.777. The number of anilines is 1. The summed E-state index contributed by atoms with van der Waals surface area (Å²) in [6.45, 7) is 6.85. The van der Waals surface area contributed by atoms with Crippen LogP contribution in [0.2, 0.25) is 0 Å². The Kier molecular flexibility index (Phi) is 3.48. The van der Waals surface area contributed by atoms with E-state index in [4.69, 9.17) is 10.00 Å². The predicted molar refractivity (Wildman–Crippen MR) is 73.0 cm³/mol. The van der Waals surface area contributed by atoms with Crippen molar-refractivity contribution < 1.29 is 9.53 Å². The first-order valence-electron chi connectivity index (χ1n) is 6.41. The van der Waals surface area contributed by atoms with Crippen molar-refractivity contribution in [2.24, 2.45) is 0 Å². The molecule has 0 N–H and O–H groups in total. The van der Waals surface area contributed by atoms with Gasteiger partial charge in [0.1, 0.15) is 6.07 Å². The molecule has 1 heterocycles. The van der Waals surface area contributed by atoms with Crippen LogP contribution in [-0.4, -0.2) is 18.7 Å². The molecule has 0 aromatic heterocycles. The number of cyclic esters (lactones) is 1. The van der Waals surface area contributed by atoms with Gasteiger partial charge in [-0.1, -0.05) is 39.0 Å². The smallest absolute Gasteiger partial charge is 0.415 e. The lowest BCUT2D eigenvalue weighted by Crippen LogP contribution is -2.42. The molecule has 0 bridgehead atoms.